The molecule has 0 aromatic rings. The standard InChI is InChI=1S/C36H57N3O6S/c1-3-4-5-6-7-8-9-10-11-12-13-14-15-16-17-18-19-20-22-26-33(41)38-30(36(44)45)29-46-31-28-34(42)39(35(31)43)27-24-21-23-25-32(40)37-2/h10-11,13-14,16-17,19-20,30-31H,3-9,12,15,18,21-29H2,1-2H3,(H,37,40)(H,38,41)(H,44,45)/b11-10-,14-13-,17-16-,20-19-/t30-,31?/m1/s1. The number of aliphatic carboxylic acids is 1. The quantitative estimate of drug-likeness (QED) is 0.0511. The fraction of sp³-hybridized carbons (Fsp3) is 0.639. The summed E-state index contributed by atoms with van der Waals surface area (Å²) < 4.78 is 0. The van der Waals surface area contributed by atoms with Gasteiger partial charge in [0.2, 0.25) is 23.6 Å². The van der Waals surface area contributed by atoms with Crippen LogP contribution >= 0.6 is 11.8 Å². The molecule has 1 rings (SSSR count). The monoisotopic (exact) mass is 659 g/mol. The third kappa shape index (κ3) is 20.1. The molecule has 1 aliphatic rings. The van der Waals surface area contributed by atoms with E-state index in [1.54, 1.807) is 7.05 Å². The maximum Gasteiger partial charge on any atom is 0.327 e. The van der Waals surface area contributed by atoms with E-state index in [2.05, 4.69) is 54.0 Å². The van der Waals surface area contributed by atoms with Gasteiger partial charge in [0.25, 0.3) is 0 Å². The highest BCUT2D eigenvalue weighted by molar-refractivity contribution is 8.00. The SMILES string of the molecule is CCCCCCCC/C=C\C/C=C\C/C=C\C/C=C\CCC(=O)N[C@H](CSC1CC(=O)N(CCCCCC(=O)NC)C1=O)C(=O)O. The van der Waals surface area contributed by atoms with Crippen molar-refractivity contribution < 1.29 is 29.1 Å². The lowest BCUT2D eigenvalue weighted by Crippen LogP contribution is -2.43. The van der Waals surface area contributed by atoms with Gasteiger partial charge in [0.15, 0.2) is 0 Å². The molecule has 3 N–H and O–H groups in total. The van der Waals surface area contributed by atoms with Crippen molar-refractivity contribution in [3.05, 3.63) is 48.6 Å². The number of carbonyl (C=O) groups is 5. The molecule has 9 nitrogen and oxygen atoms in total. The Morgan fingerprint density at radius 3 is 2.02 bits per heavy atom. The van der Waals surface area contributed by atoms with Crippen molar-refractivity contribution in [3.63, 3.8) is 0 Å². The fourth-order valence-corrected chi connectivity index (χ4v) is 6.02. The Labute approximate surface area is 280 Å². The van der Waals surface area contributed by atoms with Crippen molar-refractivity contribution in [2.24, 2.45) is 0 Å². The largest absolute Gasteiger partial charge is 0.480 e. The molecule has 2 atom stereocenters. The Kier molecular flexibility index (Phi) is 24.0. The van der Waals surface area contributed by atoms with E-state index in [0.717, 1.165) is 37.4 Å². The highest BCUT2D eigenvalue weighted by Gasteiger charge is 2.39. The predicted molar refractivity (Wildman–Crippen MR) is 187 cm³/mol. The molecule has 0 bridgehead atoms. The molecule has 0 aromatic heterocycles. The minimum Gasteiger partial charge on any atom is -0.480 e. The summed E-state index contributed by atoms with van der Waals surface area (Å²) >= 11 is 1.09. The van der Waals surface area contributed by atoms with Crippen LogP contribution in [-0.4, -0.2) is 70.2 Å². The molecule has 0 spiro atoms. The van der Waals surface area contributed by atoms with Gasteiger partial charge in [-0.25, -0.2) is 4.79 Å². The second kappa shape index (κ2) is 27.0. The average Bonchev–Trinajstić information content (AvgIpc) is 3.31. The number of carboxylic acid groups (broad SMARTS) is 1. The number of likely N-dealkylation sites (tertiary alicyclic amines) is 1. The lowest BCUT2D eigenvalue weighted by molar-refractivity contribution is -0.141. The summed E-state index contributed by atoms with van der Waals surface area (Å²) in [7, 11) is 1.58. The van der Waals surface area contributed by atoms with Gasteiger partial charge in [-0.05, 0) is 51.4 Å². The summed E-state index contributed by atoms with van der Waals surface area (Å²) in [5.41, 5.74) is 0. The molecule has 0 saturated carbocycles. The van der Waals surface area contributed by atoms with Crippen LogP contribution in [-0.2, 0) is 24.0 Å². The number of unbranched alkanes of at least 4 members (excludes halogenated alkanes) is 8. The third-order valence-corrected chi connectivity index (χ3v) is 8.91. The van der Waals surface area contributed by atoms with E-state index in [4.69, 9.17) is 0 Å². The van der Waals surface area contributed by atoms with Crippen LogP contribution in [0.3, 0.4) is 0 Å². The molecule has 0 radical (unpaired) electrons. The van der Waals surface area contributed by atoms with Crippen LogP contribution in [0.4, 0.5) is 0 Å². The van der Waals surface area contributed by atoms with Crippen LogP contribution in [0.25, 0.3) is 0 Å². The molecule has 1 aliphatic heterocycles. The van der Waals surface area contributed by atoms with E-state index < -0.39 is 17.3 Å². The molecule has 1 saturated heterocycles. The number of hydrogen-bond acceptors (Lipinski definition) is 6. The van der Waals surface area contributed by atoms with Gasteiger partial charge in [-0.3, -0.25) is 24.1 Å². The molecule has 10 heteroatoms. The molecule has 1 heterocycles. The summed E-state index contributed by atoms with van der Waals surface area (Å²) in [5.74, 6) is -2.19. The number of nitrogens with zero attached hydrogens (tertiary/aromatic N) is 1. The van der Waals surface area contributed by atoms with Gasteiger partial charge in [-0.15, -0.1) is 11.8 Å². The first-order valence-corrected chi connectivity index (χ1v) is 18.1. The van der Waals surface area contributed by atoms with Crippen LogP contribution in [0.5, 0.6) is 0 Å². The van der Waals surface area contributed by atoms with Gasteiger partial charge in [-0.2, -0.15) is 0 Å². The highest BCUT2D eigenvalue weighted by Crippen LogP contribution is 2.26. The Balaban J connectivity index is 2.20. The van der Waals surface area contributed by atoms with Crippen molar-refractivity contribution in [1.29, 1.82) is 0 Å². The average molecular weight is 660 g/mol. The molecule has 1 fully saturated rings. The zero-order valence-electron chi connectivity index (χ0n) is 28.1. The van der Waals surface area contributed by atoms with Crippen LogP contribution in [0, 0.1) is 0 Å². The molecule has 0 aromatic carbocycles. The van der Waals surface area contributed by atoms with Crippen molar-refractivity contribution >= 4 is 41.4 Å². The smallest absolute Gasteiger partial charge is 0.327 e. The number of carbonyl (C=O) groups excluding carboxylic acids is 4. The van der Waals surface area contributed by atoms with Gasteiger partial charge >= 0.3 is 5.97 Å². The summed E-state index contributed by atoms with van der Waals surface area (Å²) in [5, 5.41) is 14.0. The first-order valence-electron chi connectivity index (χ1n) is 17.1. The normalized spacial score (nSPS) is 16.0. The van der Waals surface area contributed by atoms with E-state index in [1.807, 2.05) is 12.2 Å². The topological polar surface area (TPSA) is 133 Å². The lowest BCUT2D eigenvalue weighted by atomic mass is 10.1. The number of nitrogens with one attached hydrogen (secondary N) is 2. The summed E-state index contributed by atoms with van der Waals surface area (Å²) in [6.45, 7) is 2.53. The molecular weight excluding hydrogens is 602 g/mol. The van der Waals surface area contributed by atoms with Crippen molar-refractivity contribution in [2.45, 2.75) is 127 Å². The summed E-state index contributed by atoms with van der Waals surface area (Å²) in [6.07, 6.45) is 31.8. The Hall–Kier alpha value is -3.14. The molecule has 46 heavy (non-hydrogen) atoms. The Morgan fingerprint density at radius 1 is 0.804 bits per heavy atom. The minimum atomic E-state index is -1.18. The lowest BCUT2D eigenvalue weighted by Gasteiger charge is -2.17. The first-order chi connectivity index (χ1) is 22.3. The molecule has 1 unspecified atom stereocenters. The summed E-state index contributed by atoms with van der Waals surface area (Å²) in [6, 6.07) is -1.14. The Bertz CT molecular complexity index is 1040. The number of rotatable bonds is 27. The second-order valence-corrected chi connectivity index (χ2v) is 12.8. The maximum atomic E-state index is 12.7. The fourth-order valence-electron chi connectivity index (χ4n) is 4.83. The highest BCUT2D eigenvalue weighted by atomic mass is 32.2. The van der Waals surface area contributed by atoms with Crippen LogP contribution in [0.15, 0.2) is 48.6 Å². The van der Waals surface area contributed by atoms with Gasteiger partial charge in [-0.1, -0.05) is 94.1 Å². The first kappa shape index (κ1) is 40.9. The van der Waals surface area contributed by atoms with E-state index in [1.165, 1.54) is 49.8 Å². The third-order valence-electron chi connectivity index (χ3n) is 7.61. The van der Waals surface area contributed by atoms with Crippen LogP contribution in [0.2, 0.25) is 0 Å². The number of imide groups is 1. The molecular formula is C36H57N3O6S. The van der Waals surface area contributed by atoms with E-state index >= 15 is 0 Å². The predicted octanol–water partition coefficient (Wildman–Crippen LogP) is 6.65. The van der Waals surface area contributed by atoms with E-state index in [-0.39, 0.29) is 42.2 Å². The molecule has 4 amide bonds. The van der Waals surface area contributed by atoms with Crippen molar-refractivity contribution in [2.75, 3.05) is 19.3 Å². The van der Waals surface area contributed by atoms with Crippen LogP contribution in [0.1, 0.15) is 116 Å². The number of hydrogen-bond donors (Lipinski definition) is 3. The van der Waals surface area contributed by atoms with E-state index in [9.17, 15) is 29.1 Å². The van der Waals surface area contributed by atoms with Gasteiger partial charge in [0.1, 0.15) is 6.04 Å². The number of carboxylic acids is 1. The maximum absolute atomic E-state index is 12.7. The number of allylic oxidation sites excluding steroid dienone is 8. The van der Waals surface area contributed by atoms with Gasteiger partial charge in [0, 0.05) is 38.6 Å². The minimum absolute atomic E-state index is 0.00467. The zero-order valence-corrected chi connectivity index (χ0v) is 28.9. The number of thioether (sulfide) groups is 1. The van der Waals surface area contributed by atoms with Gasteiger partial charge in [0.05, 0.1) is 5.25 Å². The van der Waals surface area contributed by atoms with Crippen molar-refractivity contribution in [3.8, 4) is 0 Å². The second-order valence-electron chi connectivity index (χ2n) is 11.5. The Morgan fingerprint density at radius 2 is 1.39 bits per heavy atom. The van der Waals surface area contributed by atoms with E-state index in [0.29, 0.717) is 32.2 Å². The summed E-state index contributed by atoms with van der Waals surface area (Å²) in [4.78, 5) is 61.6. The zero-order chi connectivity index (χ0) is 33.8. The van der Waals surface area contributed by atoms with Crippen LogP contribution < -0.4 is 10.6 Å². The molecule has 258 valence electrons. The molecule has 0 aliphatic carbocycles. The number of amides is 4. The van der Waals surface area contributed by atoms with Crippen molar-refractivity contribution in [1.82, 2.24) is 15.5 Å². The van der Waals surface area contributed by atoms with Gasteiger partial charge < -0.3 is 15.7 Å².